The Morgan fingerprint density at radius 1 is 1.53 bits per heavy atom. The Hall–Kier alpha value is -2.27. The summed E-state index contributed by atoms with van der Waals surface area (Å²) in [7, 11) is 0. The van der Waals surface area contributed by atoms with Crippen LogP contribution in [0.25, 0.3) is 0 Å². The van der Waals surface area contributed by atoms with Crippen molar-refractivity contribution in [1.29, 1.82) is 0 Å². The highest BCUT2D eigenvalue weighted by atomic mass is 19.1. The van der Waals surface area contributed by atoms with Crippen molar-refractivity contribution in [3.05, 3.63) is 33.6 Å². The van der Waals surface area contributed by atoms with E-state index in [2.05, 4.69) is 4.99 Å². The quantitative estimate of drug-likeness (QED) is 0.376. The van der Waals surface area contributed by atoms with Crippen LogP contribution < -0.4 is 0 Å². The van der Waals surface area contributed by atoms with Gasteiger partial charge in [-0.25, -0.2) is 4.79 Å². The number of hydrogen-bond acceptors (Lipinski definition) is 5. The van der Waals surface area contributed by atoms with Crippen molar-refractivity contribution in [3.63, 3.8) is 0 Å². The summed E-state index contributed by atoms with van der Waals surface area (Å²) in [6, 6.07) is 1.58. The van der Waals surface area contributed by atoms with Gasteiger partial charge in [-0.3, -0.25) is 10.1 Å². The molecule has 0 amide bonds. The smallest absolute Gasteiger partial charge is 0.305 e. The first-order valence-corrected chi connectivity index (χ1v) is 4.76. The summed E-state index contributed by atoms with van der Waals surface area (Å²) in [6.45, 7) is 0. The molecule has 1 N–H and O–H groups in total. The number of nitro benzene ring substituents is 1. The van der Waals surface area contributed by atoms with Gasteiger partial charge >= 0.3 is 5.69 Å². The molecule has 1 fully saturated rings. The summed E-state index contributed by atoms with van der Waals surface area (Å²) in [6.07, 6.45) is 2.30. The van der Waals surface area contributed by atoms with Crippen molar-refractivity contribution in [3.8, 4) is 5.75 Å². The number of rotatable bonds is 3. The highest BCUT2D eigenvalue weighted by Gasteiger charge is 2.47. The first-order chi connectivity index (χ1) is 8.00. The van der Waals surface area contributed by atoms with E-state index in [4.69, 9.17) is 0 Å². The van der Waals surface area contributed by atoms with Gasteiger partial charge in [0.1, 0.15) is 11.3 Å². The fourth-order valence-electron chi connectivity index (χ4n) is 1.71. The van der Waals surface area contributed by atoms with Crippen LogP contribution in [0.4, 0.5) is 10.1 Å². The molecular formula is C10H7FN2O4. The third-order valence-corrected chi connectivity index (χ3v) is 2.75. The highest BCUT2D eigenvalue weighted by Crippen LogP contribution is 2.53. The number of hydrogen-bond donors (Lipinski definition) is 1. The number of halogens is 1. The van der Waals surface area contributed by atoms with Crippen molar-refractivity contribution < 1.29 is 19.2 Å². The van der Waals surface area contributed by atoms with Gasteiger partial charge in [0, 0.05) is 17.7 Å². The Balaban J connectivity index is 2.59. The normalized spacial score (nSPS) is 16.1. The Labute approximate surface area is 94.6 Å². The largest absolute Gasteiger partial charge is 0.507 e. The summed E-state index contributed by atoms with van der Waals surface area (Å²) in [5.74, 6) is -1.56. The second-order valence-electron chi connectivity index (χ2n) is 3.81. The predicted octanol–water partition coefficient (Wildman–Crippen LogP) is 1.76. The average molecular weight is 238 g/mol. The summed E-state index contributed by atoms with van der Waals surface area (Å²) >= 11 is 0. The Kier molecular flexibility index (Phi) is 2.40. The number of carbonyl (C=O) groups excluding carboxylic acids is 1. The number of benzene rings is 1. The fourth-order valence-corrected chi connectivity index (χ4v) is 1.71. The molecule has 0 bridgehead atoms. The summed E-state index contributed by atoms with van der Waals surface area (Å²) in [5, 5.41) is 20.1. The van der Waals surface area contributed by atoms with Crippen LogP contribution >= 0.6 is 0 Å². The zero-order valence-electron chi connectivity index (χ0n) is 8.51. The molecule has 88 valence electrons. The number of nitrogens with zero attached hydrogens (tertiary/aromatic N) is 2. The standard InChI is InChI=1S/C10H7FN2O4/c11-7-4-9(15)6(3-8(7)13(16)17)10(1-2-10)12-5-14/h3-4,15H,1-2H2. The molecule has 2 rings (SSSR count). The van der Waals surface area contributed by atoms with Crippen LogP contribution in [0, 0.1) is 15.9 Å². The third kappa shape index (κ3) is 1.76. The van der Waals surface area contributed by atoms with Crippen LogP contribution in [0.15, 0.2) is 17.1 Å². The molecule has 1 saturated carbocycles. The van der Waals surface area contributed by atoms with Crippen LogP contribution in [0.2, 0.25) is 0 Å². The third-order valence-electron chi connectivity index (χ3n) is 2.75. The molecule has 6 nitrogen and oxygen atoms in total. The van der Waals surface area contributed by atoms with E-state index in [-0.39, 0.29) is 5.56 Å². The maximum absolute atomic E-state index is 13.2. The fraction of sp³-hybridized carbons (Fsp3) is 0.300. The zero-order chi connectivity index (χ0) is 12.6. The van der Waals surface area contributed by atoms with Gasteiger partial charge in [0.2, 0.25) is 11.9 Å². The minimum atomic E-state index is -1.12. The first kappa shape index (κ1) is 11.2. The molecule has 0 saturated heterocycles. The number of aliphatic imine (C=N–C) groups is 1. The number of phenolic OH excluding ortho intramolecular Hbond substituents is 1. The van der Waals surface area contributed by atoms with Crippen molar-refractivity contribution in [1.82, 2.24) is 0 Å². The van der Waals surface area contributed by atoms with E-state index in [0.29, 0.717) is 18.9 Å². The molecule has 1 aromatic rings. The molecule has 0 spiro atoms. The van der Waals surface area contributed by atoms with E-state index in [1.54, 1.807) is 0 Å². The number of aromatic hydroxyl groups is 1. The van der Waals surface area contributed by atoms with Crippen LogP contribution in [0.3, 0.4) is 0 Å². The average Bonchev–Trinajstić information content (AvgIpc) is 2.98. The molecular weight excluding hydrogens is 231 g/mol. The molecule has 0 unspecified atom stereocenters. The topological polar surface area (TPSA) is 92.8 Å². The first-order valence-electron chi connectivity index (χ1n) is 4.76. The van der Waals surface area contributed by atoms with Crippen molar-refractivity contribution >= 4 is 11.8 Å². The lowest BCUT2D eigenvalue weighted by Crippen LogP contribution is -2.05. The maximum Gasteiger partial charge on any atom is 0.305 e. The van der Waals surface area contributed by atoms with E-state index in [0.717, 1.165) is 6.07 Å². The molecule has 0 aliphatic heterocycles. The molecule has 0 aromatic heterocycles. The Morgan fingerprint density at radius 3 is 2.65 bits per heavy atom. The minimum Gasteiger partial charge on any atom is -0.507 e. The minimum absolute atomic E-state index is 0.0916. The molecule has 17 heavy (non-hydrogen) atoms. The monoisotopic (exact) mass is 238 g/mol. The van der Waals surface area contributed by atoms with Crippen molar-refractivity contribution in [2.45, 2.75) is 18.4 Å². The molecule has 0 atom stereocenters. The van der Waals surface area contributed by atoms with Crippen molar-refractivity contribution in [2.75, 3.05) is 0 Å². The molecule has 1 aliphatic carbocycles. The van der Waals surface area contributed by atoms with Gasteiger partial charge in [0.05, 0.1) is 4.92 Å². The second kappa shape index (κ2) is 3.64. The van der Waals surface area contributed by atoms with Crippen LogP contribution in [-0.4, -0.2) is 16.1 Å². The SMILES string of the molecule is O=C=NC1(c2cc([N+](=O)[O-])c(F)cc2O)CC1. The van der Waals surface area contributed by atoms with Gasteiger partial charge < -0.3 is 5.11 Å². The van der Waals surface area contributed by atoms with Gasteiger partial charge in [0.15, 0.2) is 0 Å². The Bertz CT molecular complexity index is 547. The lowest BCUT2D eigenvalue weighted by Gasteiger charge is -2.10. The summed E-state index contributed by atoms with van der Waals surface area (Å²) in [4.78, 5) is 23.4. The van der Waals surface area contributed by atoms with Crippen LogP contribution in [0.1, 0.15) is 18.4 Å². The highest BCUT2D eigenvalue weighted by molar-refractivity contribution is 5.52. The van der Waals surface area contributed by atoms with Gasteiger partial charge in [-0.15, -0.1) is 0 Å². The van der Waals surface area contributed by atoms with Gasteiger partial charge in [0.25, 0.3) is 0 Å². The molecule has 1 aliphatic rings. The number of phenols is 1. The van der Waals surface area contributed by atoms with Crippen LogP contribution in [-0.2, 0) is 10.3 Å². The van der Waals surface area contributed by atoms with Gasteiger partial charge in [-0.2, -0.15) is 9.38 Å². The Morgan fingerprint density at radius 2 is 2.18 bits per heavy atom. The van der Waals surface area contributed by atoms with Gasteiger partial charge in [-0.05, 0) is 12.8 Å². The number of isocyanates is 1. The molecule has 1 aromatic carbocycles. The van der Waals surface area contributed by atoms with Gasteiger partial charge in [-0.1, -0.05) is 0 Å². The second-order valence-corrected chi connectivity index (χ2v) is 3.81. The molecule has 0 heterocycles. The lowest BCUT2D eigenvalue weighted by molar-refractivity contribution is -0.387. The zero-order valence-corrected chi connectivity index (χ0v) is 8.51. The van der Waals surface area contributed by atoms with Crippen LogP contribution in [0.5, 0.6) is 5.75 Å². The van der Waals surface area contributed by atoms with E-state index >= 15 is 0 Å². The van der Waals surface area contributed by atoms with E-state index < -0.39 is 27.7 Å². The van der Waals surface area contributed by atoms with Crippen molar-refractivity contribution in [2.24, 2.45) is 4.99 Å². The maximum atomic E-state index is 13.2. The predicted molar refractivity (Wildman–Crippen MR) is 53.8 cm³/mol. The van der Waals surface area contributed by atoms with E-state index in [1.165, 1.54) is 6.08 Å². The van der Waals surface area contributed by atoms with E-state index in [1.807, 2.05) is 0 Å². The lowest BCUT2D eigenvalue weighted by atomic mass is 10.0. The van der Waals surface area contributed by atoms with E-state index in [9.17, 15) is 24.4 Å². The summed E-state index contributed by atoms with van der Waals surface area (Å²) in [5.41, 5.74) is -1.62. The number of nitro groups is 1. The molecule has 7 heteroatoms. The summed E-state index contributed by atoms with van der Waals surface area (Å²) < 4.78 is 13.2. The molecule has 0 radical (unpaired) electrons.